The highest BCUT2D eigenvalue weighted by Crippen LogP contribution is 2.21. The predicted octanol–water partition coefficient (Wildman–Crippen LogP) is 7.58. The van der Waals surface area contributed by atoms with Gasteiger partial charge in [-0.05, 0) is 37.0 Å². The number of halogens is 1. The molecule has 5 nitrogen and oxygen atoms in total. The van der Waals surface area contributed by atoms with E-state index in [0.717, 1.165) is 37.7 Å². The standard InChI is InChI=1S/C29H35FN2O3/c1-3-5-7-9-11-22-12-14-23(15-13-22)28-31-20-25(21-32-28)35-29(33)26-17-16-24(19-27(26)30)34-18-10-8-6-4-2/h12-17,19-21H,3-11,18H2,1-2H3. The summed E-state index contributed by atoms with van der Waals surface area (Å²) in [5.74, 6) is -0.403. The van der Waals surface area contributed by atoms with Crippen LogP contribution in [0.4, 0.5) is 4.39 Å². The van der Waals surface area contributed by atoms with E-state index < -0.39 is 11.8 Å². The van der Waals surface area contributed by atoms with Gasteiger partial charge in [0.1, 0.15) is 11.6 Å². The van der Waals surface area contributed by atoms with Crippen LogP contribution in [-0.4, -0.2) is 22.5 Å². The van der Waals surface area contributed by atoms with Crippen molar-refractivity contribution in [3.63, 3.8) is 0 Å². The first kappa shape index (κ1) is 26.3. The van der Waals surface area contributed by atoms with E-state index in [1.165, 1.54) is 55.8 Å². The van der Waals surface area contributed by atoms with E-state index in [-0.39, 0.29) is 11.3 Å². The molecule has 0 amide bonds. The molecule has 0 aliphatic carbocycles. The average molecular weight is 479 g/mol. The van der Waals surface area contributed by atoms with E-state index in [0.29, 0.717) is 18.2 Å². The molecule has 0 saturated heterocycles. The summed E-state index contributed by atoms with van der Waals surface area (Å²) in [5, 5.41) is 0. The minimum Gasteiger partial charge on any atom is -0.493 e. The molecule has 0 radical (unpaired) electrons. The molecule has 0 spiro atoms. The molecule has 1 heterocycles. The fourth-order valence-corrected chi connectivity index (χ4v) is 3.73. The van der Waals surface area contributed by atoms with Gasteiger partial charge in [-0.1, -0.05) is 76.6 Å². The van der Waals surface area contributed by atoms with Gasteiger partial charge in [0.25, 0.3) is 0 Å². The first-order chi connectivity index (χ1) is 17.1. The fourth-order valence-electron chi connectivity index (χ4n) is 3.73. The Morgan fingerprint density at radius 1 is 0.829 bits per heavy atom. The number of unbranched alkanes of at least 4 members (excludes halogenated alkanes) is 6. The van der Waals surface area contributed by atoms with Crippen LogP contribution in [0.3, 0.4) is 0 Å². The smallest absolute Gasteiger partial charge is 0.346 e. The molecule has 0 unspecified atom stereocenters. The number of esters is 1. The molecular weight excluding hydrogens is 443 g/mol. The number of nitrogens with zero attached hydrogens (tertiary/aromatic N) is 2. The summed E-state index contributed by atoms with van der Waals surface area (Å²) in [6.45, 7) is 4.88. The van der Waals surface area contributed by atoms with Crippen molar-refractivity contribution in [1.29, 1.82) is 0 Å². The van der Waals surface area contributed by atoms with Crippen molar-refractivity contribution in [2.75, 3.05) is 6.61 Å². The topological polar surface area (TPSA) is 61.3 Å². The summed E-state index contributed by atoms with van der Waals surface area (Å²) in [6, 6.07) is 12.4. The molecule has 3 aromatic rings. The van der Waals surface area contributed by atoms with Crippen LogP contribution in [0.15, 0.2) is 54.9 Å². The molecule has 1 aromatic heterocycles. The summed E-state index contributed by atoms with van der Waals surface area (Å²) in [4.78, 5) is 21.0. The van der Waals surface area contributed by atoms with Crippen molar-refractivity contribution >= 4 is 5.97 Å². The Labute approximate surface area is 207 Å². The maximum Gasteiger partial charge on any atom is 0.346 e. The molecule has 3 rings (SSSR count). The van der Waals surface area contributed by atoms with Crippen molar-refractivity contribution in [2.45, 2.75) is 71.6 Å². The maximum atomic E-state index is 14.5. The van der Waals surface area contributed by atoms with Crippen molar-refractivity contribution < 1.29 is 18.7 Å². The summed E-state index contributed by atoms with van der Waals surface area (Å²) in [7, 11) is 0. The monoisotopic (exact) mass is 478 g/mol. The highest BCUT2D eigenvalue weighted by Gasteiger charge is 2.16. The van der Waals surface area contributed by atoms with Gasteiger partial charge in [-0.25, -0.2) is 19.2 Å². The lowest BCUT2D eigenvalue weighted by atomic mass is 10.0. The van der Waals surface area contributed by atoms with E-state index in [4.69, 9.17) is 9.47 Å². The fraction of sp³-hybridized carbons (Fsp3) is 0.414. The number of hydrogen-bond acceptors (Lipinski definition) is 5. The molecule has 35 heavy (non-hydrogen) atoms. The zero-order valence-corrected chi connectivity index (χ0v) is 20.8. The third kappa shape index (κ3) is 8.46. The first-order valence-corrected chi connectivity index (χ1v) is 12.7. The van der Waals surface area contributed by atoms with Gasteiger partial charge < -0.3 is 9.47 Å². The molecular formula is C29H35FN2O3. The number of rotatable bonds is 14. The van der Waals surface area contributed by atoms with Gasteiger partial charge in [-0.2, -0.15) is 0 Å². The van der Waals surface area contributed by atoms with Crippen LogP contribution in [0.5, 0.6) is 11.5 Å². The molecule has 2 aromatic carbocycles. The van der Waals surface area contributed by atoms with Crippen LogP contribution >= 0.6 is 0 Å². The van der Waals surface area contributed by atoms with Gasteiger partial charge in [0, 0.05) is 11.6 Å². The van der Waals surface area contributed by atoms with Crippen LogP contribution in [0.2, 0.25) is 0 Å². The molecule has 0 fully saturated rings. The van der Waals surface area contributed by atoms with Gasteiger partial charge in [-0.15, -0.1) is 0 Å². The molecule has 0 aliphatic rings. The van der Waals surface area contributed by atoms with Crippen molar-refractivity contribution in [3.8, 4) is 22.9 Å². The Kier molecular flexibility index (Phi) is 10.7. The average Bonchev–Trinajstić information content (AvgIpc) is 2.87. The van der Waals surface area contributed by atoms with E-state index in [1.54, 1.807) is 6.07 Å². The van der Waals surface area contributed by atoms with Gasteiger partial charge in [0.15, 0.2) is 11.6 Å². The Morgan fingerprint density at radius 3 is 2.17 bits per heavy atom. The Balaban J connectivity index is 1.53. The minimum atomic E-state index is -0.805. The van der Waals surface area contributed by atoms with Crippen molar-refractivity contribution in [1.82, 2.24) is 9.97 Å². The summed E-state index contributed by atoms with van der Waals surface area (Å²) in [6.07, 6.45) is 13.2. The summed E-state index contributed by atoms with van der Waals surface area (Å²) < 4.78 is 25.3. The van der Waals surface area contributed by atoms with Gasteiger partial charge >= 0.3 is 5.97 Å². The third-order valence-corrected chi connectivity index (χ3v) is 5.80. The minimum absolute atomic E-state index is 0.155. The molecule has 186 valence electrons. The normalized spacial score (nSPS) is 10.8. The molecule has 0 saturated carbocycles. The zero-order chi connectivity index (χ0) is 24.9. The maximum absolute atomic E-state index is 14.5. The van der Waals surface area contributed by atoms with E-state index in [9.17, 15) is 9.18 Å². The molecule has 0 bridgehead atoms. The molecule has 0 aliphatic heterocycles. The van der Waals surface area contributed by atoms with Gasteiger partial charge in [-0.3, -0.25) is 0 Å². The molecule has 6 heteroatoms. The van der Waals surface area contributed by atoms with Gasteiger partial charge in [0.2, 0.25) is 0 Å². The number of benzene rings is 2. The number of aromatic nitrogens is 2. The third-order valence-electron chi connectivity index (χ3n) is 5.80. The van der Waals surface area contributed by atoms with E-state index in [1.807, 2.05) is 12.1 Å². The van der Waals surface area contributed by atoms with Crippen LogP contribution in [-0.2, 0) is 6.42 Å². The molecule has 0 atom stereocenters. The Morgan fingerprint density at radius 2 is 1.51 bits per heavy atom. The lowest BCUT2D eigenvalue weighted by Crippen LogP contribution is -2.11. The second-order valence-corrected chi connectivity index (χ2v) is 8.69. The number of hydrogen-bond donors (Lipinski definition) is 0. The quantitative estimate of drug-likeness (QED) is 0.176. The zero-order valence-electron chi connectivity index (χ0n) is 20.8. The van der Waals surface area contributed by atoms with Crippen LogP contribution in [0.1, 0.15) is 81.1 Å². The van der Waals surface area contributed by atoms with E-state index >= 15 is 0 Å². The summed E-state index contributed by atoms with van der Waals surface area (Å²) >= 11 is 0. The number of ether oxygens (including phenoxy) is 2. The second-order valence-electron chi connectivity index (χ2n) is 8.69. The number of aryl methyl sites for hydroxylation is 1. The van der Waals surface area contributed by atoms with Crippen molar-refractivity contribution in [3.05, 3.63) is 71.8 Å². The Bertz CT molecular complexity index is 1050. The Hall–Kier alpha value is -3.28. The predicted molar refractivity (Wildman–Crippen MR) is 136 cm³/mol. The lowest BCUT2D eigenvalue weighted by Gasteiger charge is -2.09. The van der Waals surface area contributed by atoms with Crippen molar-refractivity contribution in [2.24, 2.45) is 0 Å². The highest BCUT2D eigenvalue weighted by atomic mass is 19.1. The van der Waals surface area contributed by atoms with Crippen LogP contribution in [0, 0.1) is 5.82 Å². The van der Waals surface area contributed by atoms with Crippen LogP contribution in [0.25, 0.3) is 11.4 Å². The van der Waals surface area contributed by atoms with Crippen LogP contribution < -0.4 is 9.47 Å². The molecule has 0 N–H and O–H groups in total. The van der Waals surface area contributed by atoms with Gasteiger partial charge in [0.05, 0.1) is 24.6 Å². The highest BCUT2D eigenvalue weighted by molar-refractivity contribution is 5.91. The SMILES string of the molecule is CCCCCCOc1ccc(C(=O)Oc2cnc(-c3ccc(CCCCCC)cc3)nc2)c(F)c1. The summed E-state index contributed by atoms with van der Waals surface area (Å²) in [5.41, 5.74) is 2.02. The number of carbonyl (C=O) groups excluding carboxylic acids is 1. The number of carbonyl (C=O) groups is 1. The first-order valence-electron chi connectivity index (χ1n) is 12.7. The van der Waals surface area contributed by atoms with E-state index in [2.05, 4.69) is 35.9 Å². The largest absolute Gasteiger partial charge is 0.493 e. The lowest BCUT2D eigenvalue weighted by molar-refractivity contribution is 0.0728. The second kappa shape index (κ2) is 14.2.